The minimum atomic E-state index is -0.511. The van der Waals surface area contributed by atoms with Crippen LogP contribution in [0.1, 0.15) is 44.0 Å². The molecule has 0 saturated carbocycles. The number of carbonyl (C=O) groups is 1. The van der Waals surface area contributed by atoms with Gasteiger partial charge in [-0.1, -0.05) is 31.9 Å². The van der Waals surface area contributed by atoms with E-state index in [1.54, 1.807) is 16.8 Å². The van der Waals surface area contributed by atoms with Crippen LogP contribution < -0.4 is 5.32 Å². The van der Waals surface area contributed by atoms with E-state index in [4.69, 9.17) is 0 Å². The van der Waals surface area contributed by atoms with Gasteiger partial charge < -0.3 is 10.4 Å². The SMILES string of the molecule is CCC(CC)C(O)CNC(=O)c1ccc2c(c1)nnn2CC. The van der Waals surface area contributed by atoms with Gasteiger partial charge in [-0.2, -0.15) is 0 Å². The van der Waals surface area contributed by atoms with Gasteiger partial charge in [0.25, 0.3) is 5.91 Å². The van der Waals surface area contributed by atoms with Crippen molar-refractivity contribution in [2.45, 2.75) is 46.3 Å². The lowest BCUT2D eigenvalue weighted by Gasteiger charge is -2.20. The fraction of sp³-hybridized carbons (Fsp3) is 0.562. The Kier molecular flexibility index (Phi) is 5.49. The van der Waals surface area contributed by atoms with E-state index in [1.807, 2.05) is 26.8 Å². The topological polar surface area (TPSA) is 80.0 Å². The predicted molar refractivity (Wildman–Crippen MR) is 85.6 cm³/mol. The van der Waals surface area contributed by atoms with Gasteiger partial charge in [-0.25, -0.2) is 4.68 Å². The third kappa shape index (κ3) is 3.44. The quantitative estimate of drug-likeness (QED) is 0.819. The molecule has 0 aliphatic carbocycles. The Morgan fingerprint density at radius 1 is 1.32 bits per heavy atom. The molecular weight excluding hydrogens is 280 g/mol. The first-order valence-electron chi connectivity index (χ1n) is 7.90. The third-order valence-corrected chi connectivity index (χ3v) is 4.14. The Morgan fingerprint density at radius 2 is 2.05 bits per heavy atom. The zero-order chi connectivity index (χ0) is 16.1. The highest BCUT2D eigenvalue weighted by Crippen LogP contribution is 2.14. The predicted octanol–water partition coefficient (Wildman–Crippen LogP) is 1.98. The summed E-state index contributed by atoms with van der Waals surface area (Å²) < 4.78 is 1.79. The molecule has 2 aromatic rings. The second-order valence-corrected chi connectivity index (χ2v) is 5.46. The minimum absolute atomic E-state index is 0.196. The van der Waals surface area contributed by atoms with Gasteiger partial charge in [0.1, 0.15) is 5.52 Å². The molecule has 0 bridgehead atoms. The highest BCUT2D eigenvalue weighted by atomic mass is 16.3. The van der Waals surface area contributed by atoms with Gasteiger partial charge >= 0.3 is 0 Å². The Labute approximate surface area is 130 Å². The van der Waals surface area contributed by atoms with E-state index in [1.165, 1.54) is 0 Å². The minimum Gasteiger partial charge on any atom is -0.391 e. The van der Waals surface area contributed by atoms with Gasteiger partial charge in [-0.3, -0.25) is 4.79 Å². The Hall–Kier alpha value is -1.95. The maximum Gasteiger partial charge on any atom is 0.251 e. The Bertz CT molecular complexity index is 634. The van der Waals surface area contributed by atoms with E-state index in [2.05, 4.69) is 15.6 Å². The highest BCUT2D eigenvalue weighted by Gasteiger charge is 2.17. The summed E-state index contributed by atoms with van der Waals surface area (Å²) in [5.41, 5.74) is 2.15. The lowest BCUT2D eigenvalue weighted by Crippen LogP contribution is -2.36. The Balaban J connectivity index is 2.03. The van der Waals surface area contributed by atoms with Crippen LogP contribution in [0.5, 0.6) is 0 Å². The fourth-order valence-corrected chi connectivity index (χ4v) is 2.65. The lowest BCUT2D eigenvalue weighted by molar-refractivity contribution is 0.0817. The summed E-state index contributed by atoms with van der Waals surface area (Å²) in [6.07, 6.45) is 1.29. The zero-order valence-corrected chi connectivity index (χ0v) is 13.4. The first-order valence-corrected chi connectivity index (χ1v) is 7.90. The second-order valence-electron chi connectivity index (χ2n) is 5.46. The summed E-state index contributed by atoms with van der Waals surface area (Å²) in [5.74, 6) is 0.0187. The van der Waals surface area contributed by atoms with Crippen molar-refractivity contribution in [1.82, 2.24) is 20.3 Å². The number of aryl methyl sites for hydroxylation is 1. The van der Waals surface area contributed by atoms with E-state index in [9.17, 15) is 9.90 Å². The summed E-state index contributed by atoms with van der Waals surface area (Å²) in [5, 5.41) is 21.0. The van der Waals surface area contributed by atoms with Crippen LogP contribution in [0.2, 0.25) is 0 Å². The van der Waals surface area contributed by atoms with Crippen LogP contribution in [0.25, 0.3) is 11.0 Å². The van der Waals surface area contributed by atoms with Gasteiger partial charge in [0, 0.05) is 18.7 Å². The molecule has 1 unspecified atom stereocenters. The summed E-state index contributed by atoms with van der Waals surface area (Å²) in [6, 6.07) is 5.34. The van der Waals surface area contributed by atoms with Crippen LogP contribution in [0.15, 0.2) is 18.2 Å². The van der Waals surface area contributed by atoms with Crippen molar-refractivity contribution >= 4 is 16.9 Å². The molecule has 0 fully saturated rings. The normalized spacial score (nSPS) is 12.8. The average Bonchev–Trinajstić information content (AvgIpc) is 2.95. The monoisotopic (exact) mass is 304 g/mol. The molecule has 1 atom stereocenters. The zero-order valence-electron chi connectivity index (χ0n) is 13.4. The molecule has 6 nitrogen and oxygen atoms in total. The van der Waals surface area contributed by atoms with Crippen molar-refractivity contribution in [3.8, 4) is 0 Å². The molecule has 2 N–H and O–H groups in total. The van der Waals surface area contributed by atoms with Gasteiger partial charge in [0.2, 0.25) is 0 Å². The second kappa shape index (κ2) is 7.35. The highest BCUT2D eigenvalue weighted by molar-refractivity contribution is 5.97. The fourth-order valence-electron chi connectivity index (χ4n) is 2.65. The standard InChI is InChI=1S/C16H24N4O2/c1-4-11(5-2)15(21)10-17-16(22)12-7-8-14-13(9-12)18-19-20(14)6-3/h7-9,11,15,21H,4-6,10H2,1-3H3,(H,17,22). The van der Waals surface area contributed by atoms with Crippen molar-refractivity contribution in [2.75, 3.05) is 6.54 Å². The van der Waals surface area contributed by atoms with Crippen LogP contribution in [-0.2, 0) is 6.54 Å². The number of carbonyl (C=O) groups excluding carboxylic acids is 1. The molecule has 22 heavy (non-hydrogen) atoms. The van der Waals surface area contributed by atoms with Crippen LogP contribution in [0, 0.1) is 5.92 Å². The molecule has 1 aromatic carbocycles. The number of rotatable bonds is 7. The van der Waals surface area contributed by atoms with Gasteiger partial charge in [-0.05, 0) is 31.0 Å². The molecule has 0 radical (unpaired) electrons. The first-order chi connectivity index (χ1) is 10.6. The molecular formula is C16H24N4O2. The largest absolute Gasteiger partial charge is 0.391 e. The van der Waals surface area contributed by atoms with Gasteiger partial charge in [-0.15, -0.1) is 5.10 Å². The van der Waals surface area contributed by atoms with Crippen LogP contribution in [-0.4, -0.2) is 38.7 Å². The van der Waals surface area contributed by atoms with Crippen molar-refractivity contribution in [2.24, 2.45) is 5.92 Å². The van der Waals surface area contributed by atoms with E-state index < -0.39 is 6.10 Å². The maximum absolute atomic E-state index is 12.2. The molecule has 0 aliphatic rings. The van der Waals surface area contributed by atoms with Crippen LogP contribution in [0.3, 0.4) is 0 Å². The van der Waals surface area contributed by atoms with E-state index >= 15 is 0 Å². The number of aromatic nitrogens is 3. The number of nitrogens with zero attached hydrogens (tertiary/aromatic N) is 3. The van der Waals surface area contributed by atoms with Crippen LogP contribution in [0.4, 0.5) is 0 Å². The molecule has 1 amide bonds. The summed E-state index contributed by atoms with van der Waals surface area (Å²) in [7, 11) is 0. The molecule has 0 saturated heterocycles. The average molecular weight is 304 g/mol. The Morgan fingerprint density at radius 3 is 2.68 bits per heavy atom. The number of fused-ring (bicyclic) bond motifs is 1. The number of amides is 1. The van der Waals surface area contributed by atoms with E-state index in [-0.39, 0.29) is 18.4 Å². The van der Waals surface area contributed by atoms with Crippen molar-refractivity contribution < 1.29 is 9.90 Å². The molecule has 6 heteroatoms. The van der Waals surface area contributed by atoms with Gasteiger partial charge in [0.05, 0.1) is 11.6 Å². The smallest absolute Gasteiger partial charge is 0.251 e. The summed E-state index contributed by atoms with van der Waals surface area (Å²) in [6.45, 7) is 7.09. The number of aliphatic hydroxyl groups is 1. The molecule has 0 spiro atoms. The third-order valence-electron chi connectivity index (χ3n) is 4.14. The number of benzene rings is 1. The number of hydrogen-bond acceptors (Lipinski definition) is 4. The van der Waals surface area contributed by atoms with Gasteiger partial charge in [0.15, 0.2) is 0 Å². The van der Waals surface area contributed by atoms with Crippen molar-refractivity contribution in [1.29, 1.82) is 0 Å². The lowest BCUT2D eigenvalue weighted by atomic mass is 9.96. The molecule has 0 aliphatic heterocycles. The molecule has 1 aromatic heterocycles. The van der Waals surface area contributed by atoms with Crippen molar-refractivity contribution in [3.05, 3.63) is 23.8 Å². The first kappa shape index (κ1) is 16.4. The van der Waals surface area contributed by atoms with E-state index in [0.29, 0.717) is 11.1 Å². The molecule has 1 heterocycles. The maximum atomic E-state index is 12.2. The van der Waals surface area contributed by atoms with Crippen molar-refractivity contribution in [3.63, 3.8) is 0 Å². The number of aliphatic hydroxyl groups excluding tert-OH is 1. The summed E-state index contributed by atoms with van der Waals surface area (Å²) >= 11 is 0. The molecule has 2 rings (SSSR count). The van der Waals surface area contributed by atoms with E-state index in [0.717, 1.165) is 24.9 Å². The molecule has 120 valence electrons. The number of hydrogen-bond donors (Lipinski definition) is 2. The number of nitrogens with one attached hydrogen (secondary N) is 1. The van der Waals surface area contributed by atoms with Crippen LogP contribution >= 0.6 is 0 Å². The summed E-state index contributed by atoms with van der Waals surface area (Å²) in [4.78, 5) is 12.2.